The van der Waals surface area contributed by atoms with Crippen LogP contribution in [0.4, 0.5) is 17.2 Å². The average molecular weight is 423 g/mol. The van der Waals surface area contributed by atoms with Crippen molar-refractivity contribution in [2.75, 3.05) is 28.2 Å². The molecule has 0 fully saturated rings. The number of nitrogens with one attached hydrogen (secondary N) is 1. The number of fused-ring (bicyclic) bond motifs is 2. The average Bonchev–Trinajstić information content (AvgIpc) is 2.85. The summed E-state index contributed by atoms with van der Waals surface area (Å²) in [5.41, 5.74) is 4.50. The molecule has 0 radical (unpaired) electrons. The van der Waals surface area contributed by atoms with Gasteiger partial charge < -0.3 is 10.2 Å². The van der Waals surface area contributed by atoms with E-state index in [1.807, 2.05) is 65.6 Å². The molecular formula is C27H26N4O. The van der Waals surface area contributed by atoms with E-state index in [-0.39, 0.29) is 12.1 Å². The van der Waals surface area contributed by atoms with E-state index < -0.39 is 0 Å². The van der Waals surface area contributed by atoms with E-state index in [0.717, 1.165) is 35.2 Å². The lowest BCUT2D eigenvalue weighted by Gasteiger charge is -2.38. The second-order valence-corrected chi connectivity index (χ2v) is 7.90. The van der Waals surface area contributed by atoms with Gasteiger partial charge in [0.25, 0.3) is 5.91 Å². The Morgan fingerprint density at radius 1 is 0.906 bits per heavy atom. The van der Waals surface area contributed by atoms with Crippen molar-refractivity contribution in [1.82, 2.24) is 4.98 Å². The van der Waals surface area contributed by atoms with Crippen LogP contribution < -0.4 is 15.1 Å². The van der Waals surface area contributed by atoms with Crippen LogP contribution in [0.25, 0.3) is 10.9 Å². The smallest absolute Gasteiger partial charge is 0.264 e. The van der Waals surface area contributed by atoms with E-state index >= 15 is 0 Å². The molecule has 4 aromatic rings. The number of nitrogens with zero attached hydrogens (tertiary/aromatic N) is 3. The van der Waals surface area contributed by atoms with Crippen molar-refractivity contribution in [3.05, 3.63) is 96.1 Å². The normalized spacial score (nSPS) is 15.4. The number of hydrogen-bond donors (Lipinski definition) is 1. The quantitative estimate of drug-likeness (QED) is 0.438. The van der Waals surface area contributed by atoms with Gasteiger partial charge in [0.15, 0.2) is 0 Å². The first-order valence-electron chi connectivity index (χ1n) is 11.1. The van der Waals surface area contributed by atoms with Crippen LogP contribution in [0.3, 0.4) is 0 Å². The van der Waals surface area contributed by atoms with Gasteiger partial charge in [-0.3, -0.25) is 9.69 Å². The van der Waals surface area contributed by atoms with Crippen LogP contribution in [0.5, 0.6) is 0 Å². The molecular weight excluding hydrogens is 396 g/mol. The van der Waals surface area contributed by atoms with Gasteiger partial charge in [-0.05, 0) is 55.8 Å². The third kappa shape index (κ3) is 3.46. The van der Waals surface area contributed by atoms with Gasteiger partial charge in [-0.25, -0.2) is 4.98 Å². The summed E-state index contributed by atoms with van der Waals surface area (Å²) in [5, 5.41) is 4.50. The molecule has 5 rings (SSSR count). The lowest BCUT2D eigenvalue weighted by molar-refractivity contribution is 0.0974. The first kappa shape index (κ1) is 20.1. The van der Waals surface area contributed by atoms with E-state index in [1.54, 1.807) is 0 Å². The maximum atomic E-state index is 13.8. The fourth-order valence-corrected chi connectivity index (χ4v) is 4.37. The lowest BCUT2D eigenvalue weighted by atomic mass is 10.0. The fraction of sp³-hybridized carbons (Fsp3) is 0.185. The molecule has 0 saturated heterocycles. The third-order valence-electron chi connectivity index (χ3n) is 6.08. The Hall–Kier alpha value is -3.86. The zero-order valence-corrected chi connectivity index (χ0v) is 18.3. The summed E-state index contributed by atoms with van der Waals surface area (Å²) in [7, 11) is 0. The molecule has 1 aliphatic heterocycles. The Labute approximate surface area is 188 Å². The Morgan fingerprint density at radius 3 is 2.31 bits per heavy atom. The third-order valence-corrected chi connectivity index (χ3v) is 6.08. The molecule has 0 saturated carbocycles. The first-order chi connectivity index (χ1) is 15.7. The van der Waals surface area contributed by atoms with Crippen molar-refractivity contribution in [3.8, 4) is 0 Å². The number of hydrogen-bond acceptors (Lipinski definition) is 4. The second kappa shape index (κ2) is 8.35. The van der Waals surface area contributed by atoms with Crippen molar-refractivity contribution in [2.24, 2.45) is 0 Å². The van der Waals surface area contributed by atoms with Crippen molar-refractivity contribution in [1.29, 1.82) is 0 Å². The lowest BCUT2D eigenvalue weighted by Crippen LogP contribution is -2.43. The molecule has 1 aromatic heterocycles. The Bertz CT molecular complexity index is 1250. The van der Waals surface area contributed by atoms with Crippen molar-refractivity contribution < 1.29 is 4.79 Å². The summed E-state index contributed by atoms with van der Waals surface area (Å²) < 4.78 is 0. The van der Waals surface area contributed by atoms with Gasteiger partial charge >= 0.3 is 0 Å². The molecule has 32 heavy (non-hydrogen) atoms. The van der Waals surface area contributed by atoms with Gasteiger partial charge in [0, 0.05) is 29.9 Å². The SMILES string of the molecule is CCN(CC)c1ccc([C@H]2Nc3nc4ccccc4cc3C(=O)N2c2ccccc2)cc1. The number of benzene rings is 3. The predicted molar refractivity (Wildman–Crippen MR) is 131 cm³/mol. The number of para-hydroxylation sites is 2. The highest BCUT2D eigenvalue weighted by Gasteiger charge is 2.35. The van der Waals surface area contributed by atoms with E-state index in [4.69, 9.17) is 4.98 Å². The zero-order valence-electron chi connectivity index (χ0n) is 18.3. The minimum Gasteiger partial charge on any atom is -0.372 e. The summed E-state index contributed by atoms with van der Waals surface area (Å²) in [6.07, 6.45) is -0.350. The molecule has 160 valence electrons. The molecule has 5 heteroatoms. The van der Waals surface area contributed by atoms with Crippen molar-refractivity contribution >= 4 is 34.0 Å². The number of anilines is 3. The largest absolute Gasteiger partial charge is 0.372 e. The molecule has 2 heterocycles. The van der Waals surface area contributed by atoms with Gasteiger partial charge in [-0.15, -0.1) is 0 Å². The van der Waals surface area contributed by atoms with Crippen LogP contribution in [-0.4, -0.2) is 24.0 Å². The first-order valence-corrected chi connectivity index (χ1v) is 11.1. The van der Waals surface area contributed by atoms with Gasteiger partial charge in [-0.2, -0.15) is 0 Å². The van der Waals surface area contributed by atoms with E-state index in [9.17, 15) is 4.79 Å². The van der Waals surface area contributed by atoms with Crippen LogP contribution in [0.2, 0.25) is 0 Å². The summed E-state index contributed by atoms with van der Waals surface area (Å²) in [5.74, 6) is 0.569. The minimum absolute atomic E-state index is 0.0546. The number of rotatable bonds is 5. The van der Waals surface area contributed by atoms with Crippen LogP contribution in [0, 0.1) is 0 Å². The molecule has 1 amide bonds. The van der Waals surface area contributed by atoms with Gasteiger partial charge in [0.05, 0.1) is 11.1 Å². The molecule has 0 spiro atoms. The van der Waals surface area contributed by atoms with E-state index in [2.05, 4.69) is 48.3 Å². The topological polar surface area (TPSA) is 48.5 Å². The van der Waals surface area contributed by atoms with E-state index in [1.165, 1.54) is 5.69 Å². The molecule has 5 nitrogen and oxygen atoms in total. The highest BCUT2D eigenvalue weighted by molar-refractivity contribution is 6.13. The Balaban J connectivity index is 1.61. The maximum absolute atomic E-state index is 13.8. The number of carbonyl (C=O) groups is 1. The number of pyridine rings is 1. The van der Waals surface area contributed by atoms with Crippen LogP contribution in [0.1, 0.15) is 35.9 Å². The monoisotopic (exact) mass is 422 g/mol. The van der Waals surface area contributed by atoms with E-state index in [0.29, 0.717) is 11.4 Å². The van der Waals surface area contributed by atoms with Gasteiger partial charge in [0.1, 0.15) is 12.0 Å². The standard InChI is InChI=1S/C27H26N4O/c1-3-30(4-2)21-16-14-19(15-17-21)26-29-25-23(18-20-10-8-9-13-24(20)28-25)27(32)31(26)22-11-6-5-7-12-22/h5-18,26H,3-4H2,1-2H3,(H,28,29)/t26-/m0/s1. The van der Waals surface area contributed by atoms with Crippen LogP contribution in [0.15, 0.2) is 84.9 Å². The Morgan fingerprint density at radius 2 is 1.59 bits per heavy atom. The molecule has 1 N–H and O–H groups in total. The van der Waals surface area contributed by atoms with Crippen LogP contribution >= 0.6 is 0 Å². The maximum Gasteiger partial charge on any atom is 0.264 e. The number of aromatic nitrogens is 1. The van der Waals surface area contributed by atoms with Gasteiger partial charge in [-0.1, -0.05) is 48.5 Å². The summed E-state index contributed by atoms with van der Waals surface area (Å²) in [6.45, 7) is 6.22. The molecule has 0 unspecified atom stereocenters. The highest BCUT2D eigenvalue weighted by Crippen LogP contribution is 2.37. The molecule has 3 aromatic carbocycles. The van der Waals surface area contributed by atoms with Crippen LogP contribution in [-0.2, 0) is 0 Å². The summed E-state index contributed by atoms with van der Waals surface area (Å²) in [6, 6.07) is 28.1. The summed E-state index contributed by atoms with van der Waals surface area (Å²) >= 11 is 0. The minimum atomic E-state index is -0.350. The highest BCUT2D eigenvalue weighted by atomic mass is 16.2. The number of amides is 1. The number of carbonyl (C=O) groups excluding carboxylic acids is 1. The van der Waals surface area contributed by atoms with Crippen molar-refractivity contribution in [3.63, 3.8) is 0 Å². The fourth-order valence-electron chi connectivity index (χ4n) is 4.37. The van der Waals surface area contributed by atoms with Crippen molar-refractivity contribution in [2.45, 2.75) is 20.0 Å². The summed E-state index contributed by atoms with van der Waals surface area (Å²) in [4.78, 5) is 22.7. The molecule has 1 atom stereocenters. The predicted octanol–water partition coefficient (Wildman–Crippen LogP) is 5.85. The molecule has 0 aliphatic carbocycles. The zero-order chi connectivity index (χ0) is 22.1. The molecule has 1 aliphatic rings. The molecule has 0 bridgehead atoms. The van der Waals surface area contributed by atoms with Gasteiger partial charge in [0.2, 0.25) is 0 Å². The Kier molecular flexibility index (Phi) is 5.23. The second-order valence-electron chi connectivity index (χ2n) is 7.90.